The largest absolute Gasteiger partial charge is 0.353 e. The Morgan fingerprint density at radius 1 is 1.09 bits per heavy atom. The third-order valence-electron chi connectivity index (χ3n) is 6.51. The van der Waals surface area contributed by atoms with Gasteiger partial charge in [-0.3, -0.25) is 9.59 Å². The first-order chi connectivity index (χ1) is 16.5. The molecule has 2 saturated heterocycles. The number of pyridine rings is 1. The molecule has 3 aromatic rings. The fourth-order valence-corrected chi connectivity index (χ4v) is 4.48. The van der Waals surface area contributed by atoms with E-state index < -0.39 is 0 Å². The lowest BCUT2D eigenvalue weighted by Gasteiger charge is -2.36. The number of hydrogen-bond donors (Lipinski definition) is 0. The molecule has 34 heavy (non-hydrogen) atoms. The lowest BCUT2D eigenvalue weighted by molar-refractivity contribution is -0.136. The molecule has 2 aromatic heterocycles. The van der Waals surface area contributed by atoms with E-state index in [1.165, 1.54) is 0 Å². The molecular weight excluding hydrogens is 432 g/mol. The second-order valence-electron chi connectivity index (χ2n) is 8.82. The molecule has 176 valence electrons. The van der Waals surface area contributed by atoms with Gasteiger partial charge >= 0.3 is 0 Å². The first-order valence-corrected chi connectivity index (χ1v) is 11.7. The average Bonchev–Trinajstić information content (AvgIpc) is 3.51. The summed E-state index contributed by atoms with van der Waals surface area (Å²) < 4.78 is 5.17. The van der Waals surface area contributed by atoms with E-state index in [1.807, 2.05) is 55.1 Å². The summed E-state index contributed by atoms with van der Waals surface area (Å²) >= 11 is 0. The van der Waals surface area contributed by atoms with Gasteiger partial charge in [0.1, 0.15) is 5.82 Å². The third kappa shape index (κ3) is 4.37. The summed E-state index contributed by atoms with van der Waals surface area (Å²) in [5, 5.41) is 3.99. The summed E-state index contributed by atoms with van der Waals surface area (Å²) in [6.07, 6.45) is 2.72. The Hall–Kier alpha value is -3.75. The Balaban J connectivity index is 1.17. The van der Waals surface area contributed by atoms with E-state index in [1.54, 1.807) is 11.1 Å². The summed E-state index contributed by atoms with van der Waals surface area (Å²) in [7, 11) is 0. The summed E-state index contributed by atoms with van der Waals surface area (Å²) in [6.45, 7) is 7.05. The van der Waals surface area contributed by atoms with Crippen LogP contribution in [0.3, 0.4) is 0 Å². The van der Waals surface area contributed by atoms with Gasteiger partial charge in [-0.15, -0.1) is 0 Å². The predicted octanol–water partition coefficient (Wildman–Crippen LogP) is 2.70. The maximum Gasteiger partial charge on any atom is 0.228 e. The van der Waals surface area contributed by atoms with Gasteiger partial charge in [-0.2, -0.15) is 4.98 Å². The van der Waals surface area contributed by atoms with E-state index in [4.69, 9.17) is 4.52 Å². The second kappa shape index (κ2) is 9.24. The quantitative estimate of drug-likeness (QED) is 0.578. The Morgan fingerprint density at radius 2 is 1.85 bits per heavy atom. The van der Waals surface area contributed by atoms with Crippen molar-refractivity contribution in [2.24, 2.45) is 5.92 Å². The summed E-state index contributed by atoms with van der Waals surface area (Å²) in [5.74, 6) is 1.79. The van der Waals surface area contributed by atoms with Crippen molar-refractivity contribution < 1.29 is 14.1 Å². The van der Waals surface area contributed by atoms with Crippen LogP contribution >= 0.6 is 0 Å². The number of benzene rings is 1. The molecule has 1 unspecified atom stereocenters. The Morgan fingerprint density at radius 3 is 2.50 bits per heavy atom. The molecule has 5 rings (SSSR count). The number of carbonyl (C=O) groups excluding carboxylic acids is 2. The van der Waals surface area contributed by atoms with Crippen molar-refractivity contribution in [2.75, 3.05) is 42.5 Å². The molecule has 0 aliphatic carbocycles. The molecule has 2 fully saturated rings. The molecule has 9 heteroatoms. The standard InChI is InChI=1S/C25H28N6O3/c1-3-22-27-24(28-34-22)18-6-9-21(26-15-18)29-10-12-30(13-11-29)25(33)19-14-23(32)31(16-19)20-7-4-17(2)5-8-20/h4-9,15,19H,3,10-14,16H2,1-2H3. The summed E-state index contributed by atoms with van der Waals surface area (Å²) in [5.41, 5.74) is 2.81. The molecular formula is C25H28N6O3. The van der Waals surface area contributed by atoms with Crippen LogP contribution in [0.1, 0.15) is 24.8 Å². The van der Waals surface area contributed by atoms with Gasteiger partial charge in [0.2, 0.25) is 23.5 Å². The average molecular weight is 461 g/mol. The van der Waals surface area contributed by atoms with Gasteiger partial charge in [-0.05, 0) is 31.2 Å². The minimum absolute atomic E-state index is 0.0118. The van der Waals surface area contributed by atoms with Crippen LogP contribution in [0.2, 0.25) is 0 Å². The van der Waals surface area contributed by atoms with Gasteiger partial charge in [0.25, 0.3) is 0 Å². The van der Waals surface area contributed by atoms with E-state index >= 15 is 0 Å². The van der Waals surface area contributed by atoms with Gasteiger partial charge < -0.3 is 19.2 Å². The van der Waals surface area contributed by atoms with Crippen LogP contribution in [0.15, 0.2) is 47.1 Å². The molecule has 9 nitrogen and oxygen atoms in total. The smallest absolute Gasteiger partial charge is 0.228 e. The predicted molar refractivity (Wildman–Crippen MR) is 127 cm³/mol. The Labute approximate surface area is 198 Å². The van der Waals surface area contributed by atoms with Gasteiger partial charge in [0.05, 0.1) is 5.92 Å². The highest BCUT2D eigenvalue weighted by Gasteiger charge is 2.38. The van der Waals surface area contributed by atoms with Crippen molar-refractivity contribution in [2.45, 2.75) is 26.7 Å². The fraction of sp³-hybridized carbons (Fsp3) is 0.400. The van der Waals surface area contributed by atoms with Crippen LogP contribution in [0.25, 0.3) is 11.4 Å². The van der Waals surface area contributed by atoms with Crippen LogP contribution in [0.4, 0.5) is 11.5 Å². The van der Waals surface area contributed by atoms with Crippen LogP contribution in [-0.4, -0.2) is 64.6 Å². The molecule has 1 aromatic carbocycles. The van der Waals surface area contributed by atoms with Crippen LogP contribution in [0, 0.1) is 12.8 Å². The van der Waals surface area contributed by atoms with Gasteiger partial charge in [-0.25, -0.2) is 4.98 Å². The number of hydrogen-bond acceptors (Lipinski definition) is 7. The van der Waals surface area contributed by atoms with Crippen LogP contribution in [0.5, 0.6) is 0 Å². The molecule has 0 N–H and O–H groups in total. The Kier molecular flexibility index (Phi) is 6.00. The lowest BCUT2D eigenvalue weighted by atomic mass is 10.1. The van der Waals surface area contributed by atoms with Gasteiger partial charge in [-0.1, -0.05) is 29.8 Å². The normalized spacial score (nSPS) is 18.6. The van der Waals surface area contributed by atoms with Crippen molar-refractivity contribution in [3.8, 4) is 11.4 Å². The highest BCUT2D eigenvalue weighted by molar-refractivity contribution is 6.00. The number of aromatic nitrogens is 3. The number of nitrogens with zero attached hydrogens (tertiary/aromatic N) is 6. The number of piperazine rings is 1. The highest BCUT2D eigenvalue weighted by Crippen LogP contribution is 2.27. The monoisotopic (exact) mass is 460 g/mol. The highest BCUT2D eigenvalue weighted by atomic mass is 16.5. The van der Waals surface area contributed by atoms with Crippen LogP contribution in [-0.2, 0) is 16.0 Å². The Bertz CT molecular complexity index is 1170. The van der Waals surface area contributed by atoms with E-state index in [2.05, 4.69) is 20.0 Å². The first-order valence-electron chi connectivity index (χ1n) is 11.7. The zero-order chi connectivity index (χ0) is 23.7. The zero-order valence-corrected chi connectivity index (χ0v) is 19.5. The number of amides is 2. The molecule has 4 heterocycles. The number of rotatable bonds is 5. The topological polar surface area (TPSA) is 95.7 Å². The molecule has 0 radical (unpaired) electrons. The van der Waals surface area contributed by atoms with E-state index in [0.29, 0.717) is 50.9 Å². The SMILES string of the molecule is CCc1nc(-c2ccc(N3CCN(C(=O)C4CC(=O)N(c5ccc(C)cc5)C4)CC3)nc2)no1. The summed E-state index contributed by atoms with van der Waals surface area (Å²) in [4.78, 5) is 40.4. The van der Waals surface area contributed by atoms with E-state index in [0.717, 1.165) is 22.6 Å². The van der Waals surface area contributed by atoms with Crippen molar-refractivity contribution in [3.63, 3.8) is 0 Å². The van der Waals surface area contributed by atoms with E-state index in [-0.39, 0.29) is 24.2 Å². The van der Waals surface area contributed by atoms with Crippen molar-refractivity contribution in [1.82, 2.24) is 20.0 Å². The van der Waals surface area contributed by atoms with Crippen molar-refractivity contribution in [1.29, 1.82) is 0 Å². The number of anilines is 2. The molecule has 2 amide bonds. The molecule has 0 spiro atoms. The third-order valence-corrected chi connectivity index (χ3v) is 6.51. The van der Waals surface area contributed by atoms with E-state index in [9.17, 15) is 9.59 Å². The molecule has 0 saturated carbocycles. The minimum Gasteiger partial charge on any atom is -0.353 e. The molecule has 1 atom stereocenters. The fourth-order valence-electron chi connectivity index (χ4n) is 4.48. The first kappa shape index (κ1) is 22.1. The zero-order valence-electron chi connectivity index (χ0n) is 19.5. The number of carbonyl (C=O) groups is 2. The lowest BCUT2D eigenvalue weighted by Crippen LogP contribution is -2.51. The number of aryl methyl sites for hydroxylation is 2. The maximum absolute atomic E-state index is 13.1. The minimum atomic E-state index is -0.291. The molecule has 2 aliphatic rings. The van der Waals surface area contributed by atoms with Crippen molar-refractivity contribution >= 4 is 23.3 Å². The van der Waals surface area contributed by atoms with Crippen molar-refractivity contribution in [3.05, 3.63) is 54.0 Å². The molecule has 0 bridgehead atoms. The maximum atomic E-state index is 13.1. The van der Waals surface area contributed by atoms with Gasteiger partial charge in [0.15, 0.2) is 0 Å². The van der Waals surface area contributed by atoms with Gasteiger partial charge in [0, 0.05) is 63.0 Å². The second-order valence-corrected chi connectivity index (χ2v) is 8.82. The summed E-state index contributed by atoms with van der Waals surface area (Å²) in [6, 6.07) is 11.7. The molecule has 2 aliphatic heterocycles. The van der Waals surface area contributed by atoms with Crippen LogP contribution < -0.4 is 9.80 Å².